The van der Waals surface area contributed by atoms with Gasteiger partial charge in [-0.05, 0) is 61.0 Å². The molecule has 5 aromatic carbocycles. The second-order valence-electron chi connectivity index (χ2n) is 10.0. The summed E-state index contributed by atoms with van der Waals surface area (Å²) in [6.07, 6.45) is 0. The van der Waals surface area contributed by atoms with E-state index in [1.165, 1.54) is 0 Å². The third kappa shape index (κ3) is 3.14. The van der Waals surface area contributed by atoms with E-state index in [0.29, 0.717) is 60.0 Å². The summed E-state index contributed by atoms with van der Waals surface area (Å²) in [4.78, 5) is 2.02. The van der Waals surface area contributed by atoms with Gasteiger partial charge in [-0.1, -0.05) is 60.7 Å². The van der Waals surface area contributed by atoms with E-state index in [2.05, 4.69) is 12.1 Å². The molecule has 190 valence electrons. The van der Waals surface area contributed by atoms with Crippen molar-refractivity contribution < 1.29 is 9.13 Å². The lowest BCUT2D eigenvalue weighted by molar-refractivity contribution is 0.592. The summed E-state index contributed by atoms with van der Waals surface area (Å²) in [5, 5.41) is 23.2. The largest absolute Gasteiger partial charge is 0.308 e. The summed E-state index contributed by atoms with van der Waals surface area (Å²) in [6.45, 7) is 1.92. The molecule has 0 spiro atoms. The minimum Gasteiger partial charge on any atom is -0.308 e. The van der Waals surface area contributed by atoms with Crippen molar-refractivity contribution in [3.63, 3.8) is 0 Å². The molecule has 5 nitrogen and oxygen atoms in total. The van der Waals surface area contributed by atoms with Crippen molar-refractivity contribution in [3.8, 4) is 12.1 Å². The molecule has 0 amide bonds. The van der Waals surface area contributed by atoms with Crippen molar-refractivity contribution in [2.75, 3.05) is 4.90 Å². The molecule has 0 radical (unpaired) electrons. The van der Waals surface area contributed by atoms with Crippen molar-refractivity contribution in [2.24, 2.45) is 0 Å². The molecule has 5 aromatic rings. The Labute approximate surface area is 232 Å². The fraction of sp³-hybridized carbons (Fsp3) is 0.0303. The summed E-state index contributed by atoms with van der Waals surface area (Å²) in [7, 11) is -7.00. The SMILES string of the molecule is Cc1cc2c3c(c1)P(=O)(c1ccccc1)c1cc(C#N)ccc1N3c1ccc(C#N)cc1P2(=O)c1ccccc1. The minimum atomic E-state index is -3.50. The molecule has 2 heterocycles. The topological polar surface area (TPSA) is 85.0 Å². The van der Waals surface area contributed by atoms with Gasteiger partial charge in [-0.2, -0.15) is 10.5 Å². The molecule has 2 unspecified atom stereocenters. The minimum absolute atomic E-state index is 0.415. The van der Waals surface area contributed by atoms with Crippen LogP contribution < -0.4 is 36.7 Å². The number of benzene rings is 5. The predicted molar refractivity (Wildman–Crippen MR) is 161 cm³/mol. The molecule has 0 aliphatic carbocycles. The van der Waals surface area contributed by atoms with E-state index < -0.39 is 14.3 Å². The lowest BCUT2D eigenvalue weighted by atomic mass is 10.1. The Morgan fingerprint density at radius 1 is 0.575 bits per heavy atom. The van der Waals surface area contributed by atoms with E-state index in [9.17, 15) is 10.5 Å². The Morgan fingerprint density at radius 2 is 1.00 bits per heavy atom. The van der Waals surface area contributed by atoms with Gasteiger partial charge in [-0.3, -0.25) is 0 Å². The number of fused-ring (bicyclic) bond motifs is 4. The van der Waals surface area contributed by atoms with Gasteiger partial charge in [0.2, 0.25) is 0 Å². The van der Waals surface area contributed by atoms with Crippen LogP contribution in [0.4, 0.5) is 17.1 Å². The number of hydrogen-bond donors (Lipinski definition) is 0. The fourth-order valence-corrected chi connectivity index (χ4v) is 12.3. The van der Waals surface area contributed by atoms with Crippen molar-refractivity contribution >= 4 is 63.2 Å². The van der Waals surface area contributed by atoms with Crippen molar-refractivity contribution in [1.82, 2.24) is 0 Å². The van der Waals surface area contributed by atoms with Crippen molar-refractivity contribution in [1.29, 1.82) is 10.5 Å². The van der Waals surface area contributed by atoms with Gasteiger partial charge in [0.1, 0.15) is 0 Å². The Balaban J connectivity index is 1.70. The number of aryl methyl sites for hydroxylation is 1. The highest BCUT2D eigenvalue weighted by Gasteiger charge is 2.49. The zero-order valence-corrected chi connectivity index (χ0v) is 23.2. The molecule has 2 aliphatic rings. The second-order valence-corrected chi connectivity index (χ2v) is 15.4. The molecular formula is C33H21N3O2P2. The van der Waals surface area contributed by atoms with E-state index in [4.69, 9.17) is 0 Å². The summed E-state index contributed by atoms with van der Waals surface area (Å²) in [6, 6.07) is 37.5. The van der Waals surface area contributed by atoms with Crippen LogP contribution in [-0.4, -0.2) is 0 Å². The van der Waals surface area contributed by atoms with Crippen LogP contribution in [0.25, 0.3) is 0 Å². The number of nitrogens with zero attached hydrogens (tertiary/aromatic N) is 3. The van der Waals surface area contributed by atoms with Gasteiger partial charge < -0.3 is 14.0 Å². The number of rotatable bonds is 2. The molecule has 0 fully saturated rings. The number of anilines is 3. The van der Waals surface area contributed by atoms with Gasteiger partial charge in [0.25, 0.3) is 0 Å². The standard InChI is InChI=1S/C33H21N3O2P2/c1-22-16-31-33-32(17-22)40(38,26-10-6-3-7-11-26)30-19-24(21-35)13-15-28(30)36(33)27-14-12-23(20-34)18-29(27)39(31,37)25-8-4-2-5-9-25/h2-19H,1H3. The first kappa shape index (κ1) is 24.4. The Morgan fingerprint density at radius 3 is 1.40 bits per heavy atom. The number of hydrogen-bond acceptors (Lipinski definition) is 5. The maximum atomic E-state index is 15.6. The Kier molecular flexibility index (Phi) is 5.29. The average Bonchev–Trinajstić information content (AvgIpc) is 3.01. The first-order chi connectivity index (χ1) is 19.4. The van der Waals surface area contributed by atoms with E-state index in [1.807, 2.05) is 96.8 Å². The molecule has 2 aliphatic heterocycles. The fourth-order valence-electron chi connectivity index (χ4n) is 5.98. The monoisotopic (exact) mass is 553 g/mol. The van der Waals surface area contributed by atoms with E-state index in [1.54, 1.807) is 24.3 Å². The molecule has 7 heteroatoms. The van der Waals surface area contributed by atoms with Crippen LogP contribution in [0.5, 0.6) is 0 Å². The van der Waals surface area contributed by atoms with Gasteiger partial charge >= 0.3 is 0 Å². The molecule has 0 aromatic heterocycles. The molecule has 40 heavy (non-hydrogen) atoms. The van der Waals surface area contributed by atoms with Gasteiger partial charge in [-0.25, -0.2) is 0 Å². The summed E-state index contributed by atoms with van der Waals surface area (Å²) < 4.78 is 31.3. The van der Waals surface area contributed by atoms with Crippen LogP contribution >= 0.6 is 14.3 Å². The zero-order chi connectivity index (χ0) is 27.6. The first-order valence-corrected chi connectivity index (χ1v) is 16.2. The van der Waals surface area contributed by atoms with Crippen LogP contribution in [0.3, 0.4) is 0 Å². The van der Waals surface area contributed by atoms with Crippen LogP contribution in [0, 0.1) is 29.6 Å². The molecular weight excluding hydrogens is 532 g/mol. The van der Waals surface area contributed by atoms with Crippen LogP contribution in [0.15, 0.2) is 109 Å². The predicted octanol–water partition coefficient (Wildman–Crippen LogP) is 5.11. The molecule has 0 N–H and O–H groups in total. The normalized spacial score (nSPS) is 19.9. The first-order valence-electron chi connectivity index (χ1n) is 12.8. The van der Waals surface area contributed by atoms with E-state index >= 15 is 9.13 Å². The lowest BCUT2D eigenvalue weighted by Crippen LogP contribution is -2.46. The van der Waals surface area contributed by atoms with Gasteiger partial charge in [0, 0.05) is 31.8 Å². The van der Waals surface area contributed by atoms with Crippen molar-refractivity contribution in [3.05, 3.63) is 126 Å². The number of nitriles is 2. The average molecular weight is 553 g/mol. The van der Waals surface area contributed by atoms with Crippen LogP contribution in [0.2, 0.25) is 0 Å². The highest BCUT2D eigenvalue weighted by Crippen LogP contribution is 2.60. The molecule has 0 saturated heterocycles. The lowest BCUT2D eigenvalue weighted by Gasteiger charge is -2.44. The Bertz CT molecular complexity index is 1910. The smallest absolute Gasteiger partial charge is 0.175 e. The van der Waals surface area contributed by atoms with Gasteiger partial charge in [0.05, 0.1) is 40.3 Å². The second kappa shape index (κ2) is 8.67. The quantitative estimate of drug-likeness (QED) is 0.278. The van der Waals surface area contributed by atoms with Gasteiger partial charge in [-0.15, -0.1) is 0 Å². The Hall–Kier alpha value is -4.66. The molecule has 7 rings (SSSR count). The van der Waals surface area contributed by atoms with Gasteiger partial charge in [0.15, 0.2) is 14.3 Å². The van der Waals surface area contributed by atoms with Crippen LogP contribution in [-0.2, 0) is 9.13 Å². The van der Waals surface area contributed by atoms with Crippen molar-refractivity contribution in [2.45, 2.75) is 6.92 Å². The summed E-state index contributed by atoms with van der Waals surface area (Å²) in [5.74, 6) is 0. The highest BCUT2D eigenvalue weighted by atomic mass is 31.2. The maximum absolute atomic E-state index is 15.6. The molecule has 0 bridgehead atoms. The molecule has 2 atom stereocenters. The van der Waals surface area contributed by atoms with E-state index in [-0.39, 0.29) is 0 Å². The zero-order valence-electron chi connectivity index (χ0n) is 21.4. The summed E-state index contributed by atoms with van der Waals surface area (Å²) >= 11 is 0. The molecule has 0 saturated carbocycles. The van der Waals surface area contributed by atoms with Crippen LogP contribution in [0.1, 0.15) is 16.7 Å². The maximum Gasteiger partial charge on any atom is 0.175 e. The summed E-state index contributed by atoms with van der Waals surface area (Å²) in [5.41, 5.74) is 3.67. The third-order valence-corrected chi connectivity index (χ3v) is 13.9. The third-order valence-electron chi connectivity index (χ3n) is 7.73. The highest BCUT2D eigenvalue weighted by molar-refractivity contribution is 7.88. The van der Waals surface area contributed by atoms with E-state index in [0.717, 1.165) is 5.56 Å².